The maximum absolute atomic E-state index is 14.0. The van der Waals surface area contributed by atoms with Gasteiger partial charge in [-0.2, -0.15) is 0 Å². The topological polar surface area (TPSA) is 72.7 Å². The second-order valence-corrected chi connectivity index (χ2v) is 6.23. The predicted octanol–water partition coefficient (Wildman–Crippen LogP) is 3.13. The summed E-state index contributed by atoms with van der Waals surface area (Å²) in [5, 5.41) is 7.44. The van der Waals surface area contributed by atoms with Crippen LogP contribution in [0.25, 0.3) is 5.82 Å². The van der Waals surface area contributed by atoms with E-state index in [0.717, 1.165) is 0 Å². The van der Waals surface area contributed by atoms with Crippen molar-refractivity contribution in [2.75, 3.05) is 5.32 Å². The lowest BCUT2D eigenvalue weighted by molar-refractivity contribution is -0.118. The molecule has 1 N–H and O–H groups in total. The molecule has 0 radical (unpaired) electrons. The average Bonchev–Trinajstić information content (AvgIpc) is 3.29. The number of hydrogen-bond donors (Lipinski definition) is 1. The van der Waals surface area contributed by atoms with Crippen molar-refractivity contribution in [2.24, 2.45) is 0 Å². The Morgan fingerprint density at radius 2 is 1.96 bits per heavy atom. The van der Waals surface area contributed by atoms with Gasteiger partial charge in [0.15, 0.2) is 11.6 Å². The highest BCUT2D eigenvalue weighted by Crippen LogP contribution is 2.48. The lowest BCUT2D eigenvalue weighted by atomic mass is 10.00. The Hall–Kier alpha value is -2.80. The molecule has 25 heavy (non-hydrogen) atoms. The Morgan fingerprint density at radius 1 is 1.20 bits per heavy atom. The van der Waals surface area contributed by atoms with E-state index in [-0.39, 0.29) is 11.6 Å². The molecule has 0 aliphatic heterocycles. The molecule has 1 fully saturated rings. The fraction of sp³-hybridized carbons (Fsp3) is 0.176. The first kappa shape index (κ1) is 15.7. The number of halogens is 2. The largest absolute Gasteiger partial charge is 0.308 e. The maximum Gasteiger partial charge on any atom is 0.237 e. The molecule has 0 saturated heterocycles. The fourth-order valence-corrected chi connectivity index (χ4v) is 2.93. The molecule has 0 bridgehead atoms. The van der Waals surface area contributed by atoms with E-state index in [1.807, 2.05) is 0 Å². The van der Waals surface area contributed by atoms with Crippen LogP contribution in [-0.2, 0) is 10.2 Å². The van der Waals surface area contributed by atoms with Crippen molar-refractivity contribution in [1.82, 2.24) is 19.7 Å². The molecule has 3 aromatic rings. The highest BCUT2D eigenvalue weighted by atomic mass is 35.5. The van der Waals surface area contributed by atoms with Crippen molar-refractivity contribution in [3.8, 4) is 5.82 Å². The molecule has 126 valence electrons. The Morgan fingerprint density at radius 3 is 2.68 bits per heavy atom. The molecule has 0 aromatic carbocycles. The van der Waals surface area contributed by atoms with E-state index in [9.17, 15) is 9.18 Å². The number of nitrogens with one attached hydrogen (secondary N) is 1. The van der Waals surface area contributed by atoms with Gasteiger partial charge in [-0.25, -0.2) is 14.1 Å². The van der Waals surface area contributed by atoms with Gasteiger partial charge in [0.05, 0.1) is 16.1 Å². The molecule has 1 aliphatic carbocycles. The number of carbonyl (C=O) groups is 1. The lowest BCUT2D eigenvalue weighted by Gasteiger charge is -2.14. The van der Waals surface area contributed by atoms with E-state index < -0.39 is 11.2 Å². The van der Waals surface area contributed by atoms with Gasteiger partial charge in [0, 0.05) is 24.7 Å². The second kappa shape index (κ2) is 5.93. The van der Waals surface area contributed by atoms with Crippen LogP contribution in [0.15, 0.2) is 48.9 Å². The van der Waals surface area contributed by atoms with Gasteiger partial charge >= 0.3 is 0 Å². The van der Waals surface area contributed by atoms with Gasteiger partial charge < -0.3 is 5.32 Å². The Bertz CT molecular complexity index is 953. The summed E-state index contributed by atoms with van der Waals surface area (Å²) >= 11 is 6.09. The number of anilines is 1. The zero-order valence-corrected chi connectivity index (χ0v) is 13.7. The van der Waals surface area contributed by atoms with Crippen LogP contribution in [0.2, 0.25) is 5.02 Å². The molecule has 6 nitrogen and oxygen atoms in total. The van der Waals surface area contributed by atoms with Crippen LogP contribution in [0.3, 0.4) is 0 Å². The number of hydrogen-bond acceptors (Lipinski definition) is 4. The highest BCUT2D eigenvalue weighted by molar-refractivity contribution is 6.32. The van der Waals surface area contributed by atoms with E-state index in [1.165, 1.54) is 23.0 Å². The van der Waals surface area contributed by atoms with Crippen molar-refractivity contribution in [3.05, 3.63) is 65.5 Å². The van der Waals surface area contributed by atoms with E-state index in [2.05, 4.69) is 20.4 Å². The lowest BCUT2D eigenvalue weighted by Crippen LogP contribution is -2.29. The summed E-state index contributed by atoms with van der Waals surface area (Å²) in [6.45, 7) is 0. The third-order valence-corrected chi connectivity index (χ3v) is 4.48. The summed E-state index contributed by atoms with van der Waals surface area (Å²) in [6.07, 6.45) is 5.84. The SMILES string of the molecule is O=C(Nc1ccn(-c2ncccc2Cl)n1)C1(c2ncccc2F)CC1. The molecular weight excluding hydrogens is 345 g/mol. The van der Waals surface area contributed by atoms with Crippen LogP contribution in [0.4, 0.5) is 10.2 Å². The number of aromatic nitrogens is 4. The zero-order chi connectivity index (χ0) is 17.4. The Labute approximate surface area is 147 Å². The smallest absolute Gasteiger partial charge is 0.237 e. The Kier molecular flexibility index (Phi) is 3.73. The summed E-state index contributed by atoms with van der Waals surface area (Å²) < 4.78 is 15.5. The van der Waals surface area contributed by atoms with E-state index in [4.69, 9.17) is 11.6 Å². The number of carbonyl (C=O) groups excluding carboxylic acids is 1. The van der Waals surface area contributed by atoms with Gasteiger partial charge in [0.25, 0.3) is 0 Å². The molecular formula is C17H13ClFN5O. The first-order valence-corrected chi connectivity index (χ1v) is 8.07. The third-order valence-electron chi connectivity index (χ3n) is 4.18. The van der Waals surface area contributed by atoms with Crippen LogP contribution in [0, 0.1) is 5.82 Å². The molecule has 8 heteroatoms. The monoisotopic (exact) mass is 357 g/mol. The predicted molar refractivity (Wildman–Crippen MR) is 90.1 cm³/mol. The van der Waals surface area contributed by atoms with Crippen LogP contribution < -0.4 is 5.32 Å². The summed E-state index contributed by atoms with van der Waals surface area (Å²) in [7, 11) is 0. The molecule has 0 unspecified atom stereocenters. The van der Waals surface area contributed by atoms with E-state index in [1.54, 1.807) is 30.6 Å². The van der Waals surface area contributed by atoms with E-state index in [0.29, 0.717) is 29.5 Å². The van der Waals surface area contributed by atoms with Gasteiger partial charge in [0.1, 0.15) is 5.82 Å². The average molecular weight is 358 g/mol. The first-order chi connectivity index (χ1) is 12.1. The minimum Gasteiger partial charge on any atom is -0.308 e. The second-order valence-electron chi connectivity index (χ2n) is 5.82. The number of amides is 1. The molecule has 1 amide bonds. The number of pyridine rings is 2. The minimum absolute atomic E-state index is 0.180. The quantitative estimate of drug-likeness (QED) is 0.778. The first-order valence-electron chi connectivity index (χ1n) is 7.69. The van der Waals surface area contributed by atoms with Crippen molar-refractivity contribution in [3.63, 3.8) is 0 Å². The Balaban J connectivity index is 1.57. The highest BCUT2D eigenvalue weighted by Gasteiger charge is 2.54. The summed E-state index contributed by atoms with van der Waals surface area (Å²) in [4.78, 5) is 20.9. The minimum atomic E-state index is -0.919. The van der Waals surface area contributed by atoms with Gasteiger partial charge in [-0.3, -0.25) is 9.78 Å². The van der Waals surface area contributed by atoms with Gasteiger partial charge in [-0.15, -0.1) is 5.10 Å². The molecule has 1 aliphatic rings. The standard InChI is InChI=1S/C17H13ClFN5O/c18-11-3-1-9-21-15(11)24-10-5-13(23-24)22-16(25)17(6-7-17)14-12(19)4-2-8-20-14/h1-5,8-10H,6-7H2,(H,22,23,25). The summed E-state index contributed by atoms with van der Waals surface area (Å²) in [5.41, 5.74) is -0.739. The zero-order valence-electron chi connectivity index (χ0n) is 13.0. The van der Waals surface area contributed by atoms with Gasteiger partial charge in [0.2, 0.25) is 5.91 Å². The van der Waals surface area contributed by atoms with Crippen LogP contribution >= 0.6 is 11.6 Å². The van der Waals surface area contributed by atoms with Gasteiger partial charge in [-0.05, 0) is 37.1 Å². The van der Waals surface area contributed by atoms with Gasteiger partial charge in [-0.1, -0.05) is 11.6 Å². The normalized spacial score (nSPS) is 15.0. The maximum atomic E-state index is 14.0. The molecule has 0 spiro atoms. The van der Waals surface area contributed by atoms with Crippen LogP contribution in [0.5, 0.6) is 0 Å². The van der Waals surface area contributed by atoms with Crippen molar-refractivity contribution < 1.29 is 9.18 Å². The van der Waals surface area contributed by atoms with E-state index >= 15 is 0 Å². The molecule has 1 saturated carbocycles. The molecule has 4 rings (SSSR count). The molecule has 0 atom stereocenters. The number of rotatable bonds is 4. The molecule has 3 aromatic heterocycles. The third kappa shape index (κ3) is 2.76. The summed E-state index contributed by atoms with van der Waals surface area (Å²) in [6, 6.07) is 7.87. The summed E-state index contributed by atoms with van der Waals surface area (Å²) in [5.74, 6) is 0.0133. The van der Waals surface area contributed by atoms with Crippen molar-refractivity contribution >= 4 is 23.3 Å². The fourth-order valence-electron chi connectivity index (χ4n) is 2.72. The van der Waals surface area contributed by atoms with Crippen LogP contribution in [-0.4, -0.2) is 25.7 Å². The molecule has 3 heterocycles. The van der Waals surface area contributed by atoms with Crippen molar-refractivity contribution in [2.45, 2.75) is 18.3 Å². The van der Waals surface area contributed by atoms with Crippen LogP contribution in [0.1, 0.15) is 18.5 Å². The number of nitrogens with zero attached hydrogens (tertiary/aromatic N) is 4. The van der Waals surface area contributed by atoms with Crippen molar-refractivity contribution in [1.29, 1.82) is 0 Å².